The molecule has 4 fully saturated rings. The Morgan fingerprint density at radius 2 is 1.65 bits per heavy atom. The van der Waals surface area contributed by atoms with Gasteiger partial charge in [0.15, 0.2) is 0 Å². The van der Waals surface area contributed by atoms with Gasteiger partial charge >= 0.3 is 5.97 Å². The van der Waals surface area contributed by atoms with E-state index in [-0.39, 0.29) is 36.7 Å². The maximum absolute atomic E-state index is 12.6. The molecule has 0 radical (unpaired) electrons. The van der Waals surface area contributed by atoms with Crippen molar-refractivity contribution < 1.29 is 24.2 Å². The van der Waals surface area contributed by atoms with E-state index in [1.807, 2.05) is 20.8 Å². The normalized spacial score (nSPS) is 34.2. The molecule has 10 nitrogen and oxygen atoms in total. The van der Waals surface area contributed by atoms with Crippen LogP contribution in [0.5, 0.6) is 0 Å². The molecule has 4 rings (SSSR count). The van der Waals surface area contributed by atoms with Gasteiger partial charge in [-0.2, -0.15) is 0 Å². The number of carbonyl (C=O) groups excluding carboxylic acids is 2. The van der Waals surface area contributed by atoms with E-state index in [0.717, 1.165) is 104 Å². The van der Waals surface area contributed by atoms with Crippen LogP contribution >= 0.6 is 0 Å². The van der Waals surface area contributed by atoms with E-state index in [2.05, 4.69) is 26.2 Å². The first-order valence-corrected chi connectivity index (χ1v) is 15.9. The second-order valence-electron chi connectivity index (χ2n) is 13.5. The standard InChI is InChI=1S/C30H55N5O5/c1-30(2,3)40-27(37)19-31-28(38)22-8-6-21(7-9-22)23-17-32-29(33-18-23)34-24-10-12-26(13-11-24)39-16-15-35-14-4-5-25(36)20-35/h21-26,29,32-34,36H,4-20H2,1-3H3,(H,31,38). The molecular weight excluding hydrogens is 510 g/mol. The van der Waals surface area contributed by atoms with Gasteiger partial charge in [-0.25, -0.2) is 0 Å². The van der Waals surface area contributed by atoms with Crippen LogP contribution in [0.15, 0.2) is 0 Å². The number of likely N-dealkylation sites (tertiary alicyclic amines) is 1. The summed E-state index contributed by atoms with van der Waals surface area (Å²) in [6, 6.07) is 0.508. The van der Waals surface area contributed by atoms with Gasteiger partial charge in [-0.3, -0.25) is 30.4 Å². The quantitative estimate of drug-likeness (QED) is 0.252. The molecule has 2 saturated carbocycles. The number of carbonyl (C=O) groups is 2. The van der Waals surface area contributed by atoms with Gasteiger partial charge in [-0.15, -0.1) is 0 Å². The summed E-state index contributed by atoms with van der Waals surface area (Å²) >= 11 is 0. The summed E-state index contributed by atoms with van der Waals surface area (Å²) < 4.78 is 11.5. The highest BCUT2D eigenvalue weighted by Gasteiger charge is 2.34. The van der Waals surface area contributed by atoms with Crippen molar-refractivity contribution in [3.05, 3.63) is 0 Å². The number of amides is 1. The summed E-state index contributed by atoms with van der Waals surface area (Å²) in [5.74, 6) is 0.791. The highest BCUT2D eigenvalue weighted by atomic mass is 16.6. The maximum atomic E-state index is 12.6. The van der Waals surface area contributed by atoms with Crippen molar-refractivity contribution in [2.75, 3.05) is 45.9 Å². The van der Waals surface area contributed by atoms with Gasteiger partial charge in [0, 0.05) is 38.1 Å². The number of aliphatic hydroxyl groups is 1. The summed E-state index contributed by atoms with van der Waals surface area (Å²) in [6.45, 7) is 11.0. The zero-order valence-corrected chi connectivity index (χ0v) is 25.1. The molecule has 2 aliphatic carbocycles. The molecule has 2 aliphatic heterocycles. The average molecular weight is 566 g/mol. The number of ether oxygens (including phenoxy) is 2. The lowest BCUT2D eigenvalue weighted by Gasteiger charge is -2.40. The van der Waals surface area contributed by atoms with Gasteiger partial charge in [-0.1, -0.05) is 0 Å². The topological polar surface area (TPSA) is 124 Å². The lowest BCUT2D eigenvalue weighted by Crippen LogP contribution is -2.63. The van der Waals surface area contributed by atoms with E-state index in [1.165, 1.54) is 0 Å². The number of rotatable bonds is 10. The second-order valence-corrected chi connectivity index (χ2v) is 13.5. The lowest BCUT2D eigenvalue weighted by atomic mass is 9.75. The molecule has 40 heavy (non-hydrogen) atoms. The second kappa shape index (κ2) is 15.3. The van der Waals surface area contributed by atoms with Gasteiger partial charge in [0.05, 0.1) is 18.8 Å². The predicted octanol–water partition coefficient (Wildman–Crippen LogP) is 1.72. The minimum absolute atomic E-state index is 0.00520. The highest BCUT2D eigenvalue weighted by molar-refractivity contribution is 5.83. The van der Waals surface area contributed by atoms with Crippen molar-refractivity contribution in [2.45, 2.75) is 115 Å². The number of hydrogen-bond donors (Lipinski definition) is 5. The van der Waals surface area contributed by atoms with Crippen molar-refractivity contribution in [1.82, 2.24) is 26.2 Å². The Labute approximate surface area is 241 Å². The van der Waals surface area contributed by atoms with Gasteiger partial charge in [0.1, 0.15) is 18.4 Å². The first kappa shape index (κ1) is 31.6. The lowest BCUT2D eigenvalue weighted by molar-refractivity contribution is -0.154. The smallest absolute Gasteiger partial charge is 0.325 e. The summed E-state index contributed by atoms with van der Waals surface area (Å²) in [6.07, 6.45) is 10.7. The molecule has 0 bridgehead atoms. The van der Waals surface area contributed by atoms with E-state index in [0.29, 0.717) is 24.0 Å². The number of piperidine rings is 1. The molecular formula is C30H55N5O5. The van der Waals surface area contributed by atoms with Gasteiger partial charge in [-0.05, 0) is 103 Å². The van der Waals surface area contributed by atoms with Crippen LogP contribution in [0.25, 0.3) is 0 Å². The molecule has 10 heteroatoms. The third-order valence-corrected chi connectivity index (χ3v) is 9.12. The number of esters is 1. The van der Waals surface area contributed by atoms with Crippen molar-refractivity contribution in [1.29, 1.82) is 0 Å². The van der Waals surface area contributed by atoms with Crippen LogP contribution in [0, 0.1) is 17.8 Å². The van der Waals surface area contributed by atoms with E-state index >= 15 is 0 Å². The zero-order valence-electron chi connectivity index (χ0n) is 25.1. The molecule has 0 spiro atoms. The van der Waals surface area contributed by atoms with Crippen LogP contribution < -0.4 is 21.3 Å². The molecule has 0 aromatic heterocycles. The molecule has 2 heterocycles. The molecule has 2 saturated heterocycles. The highest BCUT2D eigenvalue weighted by Crippen LogP contribution is 2.34. The average Bonchev–Trinajstić information content (AvgIpc) is 2.92. The summed E-state index contributed by atoms with van der Waals surface area (Å²) in [5.41, 5.74) is -0.537. The molecule has 1 unspecified atom stereocenters. The van der Waals surface area contributed by atoms with Gasteiger partial charge in [0.2, 0.25) is 5.91 Å². The first-order chi connectivity index (χ1) is 19.1. The zero-order chi connectivity index (χ0) is 28.5. The van der Waals surface area contributed by atoms with Crippen molar-refractivity contribution in [2.24, 2.45) is 17.8 Å². The largest absolute Gasteiger partial charge is 0.459 e. The van der Waals surface area contributed by atoms with E-state index in [4.69, 9.17) is 9.47 Å². The number of nitrogens with zero attached hydrogens (tertiary/aromatic N) is 1. The number of nitrogens with one attached hydrogen (secondary N) is 4. The summed E-state index contributed by atoms with van der Waals surface area (Å²) in [5, 5.41) is 23.7. The van der Waals surface area contributed by atoms with Crippen LogP contribution in [0.4, 0.5) is 0 Å². The molecule has 4 aliphatic rings. The minimum Gasteiger partial charge on any atom is -0.459 e. The Hall–Kier alpha value is -1.30. The summed E-state index contributed by atoms with van der Waals surface area (Å²) in [7, 11) is 0. The number of β-amino-alcohol motifs (C(OH)–C–C–N with tert-alkyl or cyclic N) is 1. The van der Waals surface area contributed by atoms with Crippen LogP contribution in [0.3, 0.4) is 0 Å². The Bertz CT molecular complexity index is 784. The molecule has 0 aromatic rings. The molecule has 1 atom stereocenters. The molecule has 5 N–H and O–H groups in total. The Morgan fingerprint density at radius 1 is 0.950 bits per heavy atom. The monoisotopic (exact) mass is 565 g/mol. The van der Waals surface area contributed by atoms with Crippen LogP contribution in [0.2, 0.25) is 0 Å². The SMILES string of the molecule is CC(C)(C)OC(=O)CNC(=O)C1CCC(C2CNC(NC3CCC(OCCN4CCCC(O)C4)CC3)NC2)CC1. The van der Waals surface area contributed by atoms with E-state index in [1.54, 1.807) is 0 Å². The Balaban J connectivity index is 1.04. The maximum Gasteiger partial charge on any atom is 0.325 e. The van der Waals surface area contributed by atoms with Crippen molar-refractivity contribution in [3.8, 4) is 0 Å². The van der Waals surface area contributed by atoms with E-state index < -0.39 is 5.60 Å². The van der Waals surface area contributed by atoms with Gasteiger partial charge in [0.25, 0.3) is 0 Å². The van der Waals surface area contributed by atoms with Crippen molar-refractivity contribution >= 4 is 11.9 Å². The van der Waals surface area contributed by atoms with Crippen molar-refractivity contribution in [3.63, 3.8) is 0 Å². The third kappa shape index (κ3) is 10.5. The Morgan fingerprint density at radius 3 is 2.30 bits per heavy atom. The fraction of sp³-hybridized carbons (Fsp3) is 0.933. The number of hydrogen-bond acceptors (Lipinski definition) is 9. The van der Waals surface area contributed by atoms with E-state index in [9.17, 15) is 14.7 Å². The van der Waals surface area contributed by atoms with Crippen LogP contribution in [-0.4, -0.2) is 97.9 Å². The number of aliphatic hydroxyl groups excluding tert-OH is 1. The Kier molecular flexibility index (Phi) is 12.1. The predicted molar refractivity (Wildman–Crippen MR) is 154 cm³/mol. The van der Waals surface area contributed by atoms with Crippen LogP contribution in [-0.2, 0) is 19.1 Å². The first-order valence-electron chi connectivity index (χ1n) is 15.9. The summed E-state index contributed by atoms with van der Waals surface area (Å²) in [4.78, 5) is 26.8. The van der Waals surface area contributed by atoms with Gasteiger partial charge < -0.3 is 19.9 Å². The minimum atomic E-state index is -0.537. The molecule has 230 valence electrons. The molecule has 0 aromatic carbocycles. The van der Waals surface area contributed by atoms with Crippen LogP contribution in [0.1, 0.15) is 85.0 Å². The fourth-order valence-corrected chi connectivity index (χ4v) is 6.88. The molecule has 1 amide bonds. The third-order valence-electron chi connectivity index (χ3n) is 9.12. The fourth-order valence-electron chi connectivity index (χ4n) is 6.88.